The molecule has 4 nitrogen and oxygen atoms in total. The summed E-state index contributed by atoms with van der Waals surface area (Å²) in [6.45, 7) is 2.14. The smallest absolute Gasteiger partial charge is 0.416 e. The Hall–Kier alpha value is -3.35. The van der Waals surface area contributed by atoms with Gasteiger partial charge in [-0.2, -0.15) is 13.2 Å². The van der Waals surface area contributed by atoms with E-state index in [1.165, 1.54) is 24.3 Å². The molecule has 1 N–H and O–H groups in total. The number of hydrogen-bond acceptors (Lipinski definition) is 3. The SMILES string of the molecule is CCCCCCC(Oc1ccc(C(=O)O)cc1)c1ccc(-c2ccc(C(F)(F)F)cc2)nc1. The van der Waals surface area contributed by atoms with Crippen molar-refractivity contribution in [1.82, 2.24) is 4.98 Å². The Morgan fingerprint density at radius 2 is 1.67 bits per heavy atom. The van der Waals surface area contributed by atoms with Crippen LogP contribution in [-0.4, -0.2) is 16.1 Å². The van der Waals surface area contributed by atoms with Crippen molar-refractivity contribution >= 4 is 5.97 Å². The van der Waals surface area contributed by atoms with Gasteiger partial charge in [0.05, 0.1) is 16.8 Å². The van der Waals surface area contributed by atoms with E-state index in [-0.39, 0.29) is 11.7 Å². The lowest BCUT2D eigenvalue weighted by atomic mass is 10.0. The van der Waals surface area contributed by atoms with E-state index < -0.39 is 17.7 Å². The first-order valence-electron chi connectivity index (χ1n) is 10.9. The molecule has 0 spiro atoms. The Balaban J connectivity index is 1.77. The number of carboxylic acid groups (broad SMARTS) is 1. The fourth-order valence-corrected chi connectivity index (χ4v) is 3.49. The molecule has 0 fully saturated rings. The Labute approximate surface area is 191 Å². The third kappa shape index (κ3) is 6.81. The number of benzene rings is 2. The maximum absolute atomic E-state index is 12.8. The number of hydrogen-bond donors (Lipinski definition) is 1. The van der Waals surface area contributed by atoms with Gasteiger partial charge >= 0.3 is 12.1 Å². The van der Waals surface area contributed by atoms with Crippen LogP contribution in [-0.2, 0) is 6.18 Å². The van der Waals surface area contributed by atoms with Crippen LogP contribution in [0.15, 0.2) is 66.9 Å². The van der Waals surface area contributed by atoms with Gasteiger partial charge in [0.25, 0.3) is 0 Å². The third-order valence-corrected chi connectivity index (χ3v) is 5.37. The fraction of sp³-hybridized carbons (Fsp3) is 0.308. The lowest BCUT2D eigenvalue weighted by molar-refractivity contribution is -0.137. The first kappa shape index (κ1) is 24.3. The van der Waals surface area contributed by atoms with Gasteiger partial charge < -0.3 is 9.84 Å². The Kier molecular flexibility index (Phi) is 8.09. The Bertz CT molecular complexity index is 1030. The van der Waals surface area contributed by atoms with Crippen LogP contribution < -0.4 is 4.74 Å². The number of halogens is 3. The molecule has 0 aliphatic rings. The first-order chi connectivity index (χ1) is 15.8. The molecule has 3 rings (SSSR count). The van der Waals surface area contributed by atoms with Crippen LogP contribution in [0.25, 0.3) is 11.3 Å². The molecule has 2 aromatic carbocycles. The number of ether oxygens (including phenoxy) is 1. The van der Waals surface area contributed by atoms with Gasteiger partial charge in [-0.3, -0.25) is 4.98 Å². The molecule has 0 saturated heterocycles. The normalized spacial score (nSPS) is 12.4. The Morgan fingerprint density at radius 1 is 0.970 bits per heavy atom. The number of pyridine rings is 1. The van der Waals surface area contributed by atoms with Crippen molar-refractivity contribution in [2.24, 2.45) is 0 Å². The molecule has 0 amide bonds. The van der Waals surface area contributed by atoms with Crippen LogP contribution in [0.4, 0.5) is 13.2 Å². The molecule has 0 radical (unpaired) electrons. The molecule has 1 unspecified atom stereocenters. The molecule has 1 atom stereocenters. The monoisotopic (exact) mass is 457 g/mol. The molecular formula is C26H26F3NO3. The van der Waals surface area contributed by atoms with Crippen LogP contribution in [0.1, 0.15) is 66.6 Å². The van der Waals surface area contributed by atoms with Crippen LogP contribution in [0.5, 0.6) is 5.75 Å². The van der Waals surface area contributed by atoms with Gasteiger partial charge in [0, 0.05) is 17.3 Å². The number of unbranched alkanes of at least 4 members (excludes halogenated alkanes) is 3. The molecule has 1 heterocycles. The summed E-state index contributed by atoms with van der Waals surface area (Å²) in [5.74, 6) is -0.437. The van der Waals surface area contributed by atoms with Crippen molar-refractivity contribution in [1.29, 1.82) is 0 Å². The summed E-state index contributed by atoms with van der Waals surface area (Å²) in [6, 6.07) is 14.8. The number of aromatic nitrogens is 1. The Morgan fingerprint density at radius 3 is 2.21 bits per heavy atom. The van der Waals surface area contributed by atoms with Crippen molar-refractivity contribution in [3.8, 4) is 17.0 Å². The number of alkyl halides is 3. The lowest BCUT2D eigenvalue weighted by Crippen LogP contribution is -2.09. The van der Waals surface area contributed by atoms with E-state index >= 15 is 0 Å². The quantitative estimate of drug-likeness (QED) is 0.319. The van der Waals surface area contributed by atoms with E-state index in [2.05, 4.69) is 11.9 Å². The van der Waals surface area contributed by atoms with Crippen molar-refractivity contribution in [2.75, 3.05) is 0 Å². The molecule has 0 aliphatic carbocycles. The van der Waals surface area contributed by atoms with Crippen LogP contribution in [0.2, 0.25) is 0 Å². The van der Waals surface area contributed by atoms with Crippen LogP contribution >= 0.6 is 0 Å². The van der Waals surface area contributed by atoms with E-state index in [0.717, 1.165) is 49.8 Å². The summed E-state index contributed by atoms with van der Waals surface area (Å²) in [6.07, 6.45) is 2.09. The molecule has 0 aliphatic heterocycles. The lowest BCUT2D eigenvalue weighted by Gasteiger charge is -2.20. The predicted octanol–water partition coefficient (Wildman–Crippen LogP) is 7.56. The second-order valence-corrected chi connectivity index (χ2v) is 7.84. The number of carbonyl (C=O) groups is 1. The molecular weight excluding hydrogens is 431 g/mol. The zero-order chi connectivity index (χ0) is 23.8. The summed E-state index contributed by atoms with van der Waals surface area (Å²) < 4.78 is 44.5. The standard InChI is InChI=1S/C26H26F3NO3/c1-2-3-4-5-6-24(33-22-14-9-19(10-15-22)25(31)32)20-11-16-23(30-17-20)18-7-12-21(13-8-18)26(27,28)29/h7-17,24H,2-6H2,1H3,(H,31,32). The van der Waals surface area contributed by atoms with Crippen molar-refractivity contribution < 1.29 is 27.8 Å². The zero-order valence-corrected chi connectivity index (χ0v) is 18.3. The van der Waals surface area contributed by atoms with E-state index in [1.807, 2.05) is 6.07 Å². The highest BCUT2D eigenvalue weighted by Gasteiger charge is 2.30. The van der Waals surface area contributed by atoms with Gasteiger partial charge in [-0.15, -0.1) is 0 Å². The highest BCUT2D eigenvalue weighted by molar-refractivity contribution is 5.87. The van der Waals surface area contributed by atoms with Gasteiger partial charge in [0.15, 0.2) is 0 Å². The number of nitrogens with zero attached hydrogens (tertiary/aromatic N) is 1. The molecule has 33 heavy (non-hydrogen) atoms. The molecule has 0 bridgehead atoms. The summed E-state index contributed by atoms with van der Waals surface area (Å²) >= 11 is 0. The molecule has 0 saturated carbocycles. The summed E-state index contributed by atoms with van der Waals surface area (Å²) in [4.78, 5) is 15.5. The maximum atomic E-state index is 12.8. The van der Waals surface area contributed by atoms with E-state index in [1.54, 1.807) is 24.4 Å². The second-order valence-electron chi connectivity index (χ2n) is 7.84. The van der Waals surface area contributed by atoms with E-state index in [9.17, 15) is 18.0 Å². The summed E-state index contributed by atoms with van der Waals surface area (Å²) in [5, 5.41) is 9.07. The minimum Gasteiger partial charge on any atom is -0.486 e. The van der Waals surface area contributed by atoms with Gasteiger partial charge in [-0.1, -0.05) is 44.4 Å². The number of carboxylic acids is 1. The third-order valence-electron chi connectivity index (χ3n) is 5.37. The average Bonchev–Trinajstić information content (AvgIpc) is 2.81. The predicted molar refractivity (Wildman–Crippen MR) is 120 cm³/mol. The van der Waals surface area contributed by atoms with Crippen molar-refractivity contribution in [3.63, 3.8) is 0 Å². The molecule has 1 aromatic heterocycles. The van der Waals surface area contributed by atoms with E-state index in [0.29, 0.717) is 17.0 Å². The molecule has 3 aromatic rings. The maximum Gasteiger partial charge on any atom is 0.416 e. The van der Waals surface area contributed by atoms with E-state index in [4.69, 9.17) is 9.84 Å². The topological polar surface area (TPSA) is 59.4 Å². The van der Waals surface area contributed by atoms with Gasteiger partial charge in [0.2, 0.25) is 0 Å². The van der Waals surface area contributed by atoms with Crippen molar-refractivity contribution in [2.45, 2.75) is 51.3 Å². The zero-order valence-electron chi connectivity index (χ0n) is 18.3. The highest BCUT2D eigenvalue weighted by Crippen LogP contribution is 2.32. The minimum atomic E-state index is -4.37. The number of rotatable bonds is 10. The fourth-order valence-electron chi connectivity index (χ4n) is 3.49. The largest absolute Gasteiger partial charge is 0.486 e. The average molecular weight is 457 g/mol. The van der Waals surface area contributed by atoms with Crippen LogP contribution in [0.3, 0.4) is 0 Å². The second kappa shape index (κ2) is 11.0. The van der Waals surface area contributed by atoms with Crippen LogP contribution in [0, 0.1) is 0 Å². The minimum absolute atomic E-state index is 0.185. The highest BCUT2D eigenvalue weighted by atomic mass is 19.4. The molecule has 7 heteroatoms. The van der Waals surface area contributed by atoms with Crippen molar-refractivity contribution in [3.05, 3.63) is 83.6 Å². The number of aromatic carboxylic acids is 1. The van der Waals surface area contributed by atoms with Gasteiger partial charge in [-0.25, -0.2) is 4.79 Å². The molecule has 174 valence electrons. The summed E-state index contributed by atoms with van der Waals surface area (Å²) in [7, 11) is 0. The van der Waals surface area contributed by atoms with Gasteiger partial charge in [0.1, 0.15) is 11.9 Å². The van der Waals surface area contributed by atoms with Gasteiger partial charge in [-0.05, 0) is 55.3 Å². The first-order valence-corrected chi connectivity index (χ1v) is 10.9. The summed E-state index contributed by atoms with van der Waals surface area (Å²) in [5.41, 5.74) is 1.51.